The molecule has 0 unspecified atom stereocenters. The number of rotatable bonds is 6. The molecule has 0 radical (unpaired) electrons. The van der Waals surface area contributed by atoms with Crippen LogP contribution in [0.3, 0.4) is 0 Å². The van der Waals surface area contributed by atoms with E-state index in [1.54, 1.807) is 19.3 Å². The number of amides is 2. The Hall–Kier alpha value is -3.68. The van der Waals surface area contributed by atoms with E-state index >= 15 is 0 Å². The Labute approximate surface area is 198 Å². The van der Waals surface area contributed by atoms with Gasteiger partial charge in [0.25, 0.3) is 5.56 Å². The van der Waals surface area contributed by atoms with E-state index in [-0.39, 0.29) is 30.0 Å². The highest BCUT2D eigenvalue weighted by molar-refractivity contribution is 5.89. The molecule has 8 nitrogen and oxygen atoms in total. The molecule has 0 atom stereocenters. The molecule has 2 amide bonds. The molecule has 0 bridgehead atoms. The fourth-order valence-corrected chi connectivity index (χ4v) is 4.97. The Morgan fingerprint density at radius 1 is 1.15 bits per heavy atom. The van der Waals surface area contributed by atoms with Crippen LogP contribution in [-0.4, -0.2) is 21.6 Å². The fraction of sp³-hybridized carbons (Fsp3) is 0.385. The van der Waals surface area contributed by atoms with E-state index in [4.69, 9.17) is 4.74 Å². The third kappa shape index (κ3) is 3.93. The van der Waals surface area contributed by atoms with Gasteiger partial charge in [-0.3, -0.25) is 19.9 Å². The normalized spacial score (nSPS) is 14.6. The molecular formula is C26H30N4O4. The number of anilines is 1. The summed E-state index contributed by atoms with van der Waals surface area (Å²) in [6, 6.07) is 9.68. The van der Waals surface area contributed by atoms with Crippen LogP contribution in [0, 0.1) is 18.8 Å². The number of benzene rings is 1. The maximum Gasteiger partial charge on any atom is 0.412 e. The van der Waals surface area contributed by atoms with Crippen molar-refractivity contribution in [3.8, 4) is 0 Å². The second-order valence-electron chi connectivity index (χ2n) is 9.38. The van der Waals surface area contributed by atoms with Crippen molar-refractivity contribution in [3.63, 3.8) is 0 Å². The van der Waals surface area contributed by atoms with Crippen molar-refractivity contribution in [1.29, 1.82) is 0 Å². The van der Waals surface area contributed by atoms with Crippen LogP contribution < -0.4 is 16.2 Å². The maximum absolute atomic E-state index is 13.4. The Bertz CT molecular complexity index is 1310. The van der Waals surface area contributed by atoms with Crippen LogP contribution in [0.2, 0.25) is 0 Å². The third-order valence-electron chi connectivity index (χ3n) is 6.66. The minimum absolute atomic E-state index is 0.0513. The van der Waals surface area contributed by atoms with Gasteiger partial charge in [-0.25, -0.2) is 4.79 Å². The number of nitrogens with one attached hydrogen (secondary N) is 2. The molecule has 34 heavy (non-hydrogen) atoms. The molecule has 0 saturated heterocycles. The number of pyridine rings is 2. The molecule has 2 N–H and O–H groups in total. The molecule has 3 aromatic rings. The van der Waals surface area contributed by atoms with Crippen LogP contribution in [-0.2, 0) is 28.2 Å². The van der Waals surface area contributed by atoms with Gasteiger partial charge >= 0.3 is 6.09 Å². The lowest BCUT2D eigenvalue weighted by Gasteiger charge is -2.44. The molecule has 3 heterocycles. The van der Waals surface area contributed by atoms with Gasteiger partial charge in [0.05, 0.1) is 0 Å². The maximum atomic E-state index is 13.4. The van der Waals surface area contributed by atoms with E-state index in [0.717, 1.165) is 16.3 Å². The Kier molecular flexibility index (Phi) is 6.17. The fourth-order valence-electron chi connectivity index (χ4n) is 4.97. The summed E-state index contributed by atoms with van der Waals surface area (Å²) in [5.74, 6) is -0.412. The van der Waals surface area contributed by atoms with Gasteiger partial charge < -0.3 is 14.6 Å². The van der Waals surface area contributed by atoms with Crippen molar-refractivity contribution >= 4 is 28.5 Å². The highest BCUT2D eigenvalue weighted by Gasteiger charge is 2.48. The highest BCUT2D eigenvalue weighted by Crippen LogP contribution is 2.45. The molecular weight excluding hydrogens is 432 g/mol. The predicted molar refractivity (Wildman–Crippen MR) is 130 cm³/mol. The van der Waals surface area contributed by atoms with Gasteiger partial charge in [0.1, 0.15) is 17.8 Å². The number of cyclic esters (lactones) is 1. The first kappa shape index (κ1) is 23.5. The number of hydrogen-bond donors (Lipinski definition) is 2. The molecule has 1 aromatic carbocycles. The molecule has 0 fully saturated rings. The number of aryl methyl sites for hydroxylation is 1. The first-order valence-electron chi connectivity index (χ1n) is 11.5. The zero-order valence-electron chi connectivity index (χ0n) is 20.1. The SMILES string of the molecule is Cc1cc2c(c(=O)n1CC(=O)NCc1cncc3ccccc13)NC(=O)OC2(C(C)C)C(C)C. The van der Waals surface area contributed by atoms with Gasteiger partial charge in [0.15, 0.2) is 0 Å². The van der Waals surface area contributed by atoms with Gasteiger partial charge in [0.2, 0.25) is 5.91 Å². The van der Waals surface area contributed by atoms with E-state index in [0.29, 0.717) is 17.8 Å². The summed E-state index contributed by atoms with van der Waals surface area (Å²) in [5, 5.41) is 7.47. The monoisotopic (exact) mass is 462 g/mol. The van der Waals surface area contributed by atoms with Crippen LogP contribution in [0.15, 0.2) is 47.5 Å². The largest absolute Gasteiger partial charge is 0.437 e. The Balaban J connectivity index is 1.62. The first-order valence-corrected chi connectivity index (χ1v) is 11.5. The topological polar surface area (TPSA) is 102 Å². The minimum atomic E-state index is -0.926. The molecule has 4 rings (SSSR count). The predicted octanol–water partition coefficient (Wildman–Crippen LogP) is 4.09. The second-order valence-corrected chi connectivity index (χ2v) is 9.38. The summed E-state index contributed by atoms with van der Waals surface area (Å²) in [6.07, 6.45) is 2.85. The summed E-state index contributed by atoms with van der Waals surface area (Å²) in [7, 11) is 0. The zero-order valence-corrected chi connectivity index (χ0v) is 20.1. The molecule has 8 heteroatoms. The van der Waals surface area contributed by atoms with E-state index in [9.17, 15) is 14.4 Å². The molecule has 1 aliphatic heterocycles. The average Bonchev–Trinajstić information content (AvgIpc) is 2.80. The summed E-state index contributed by atoms with van der Waals surface area (Å²) in [6.45, 7) is 9.80. The number of nitrogens with zero attached hydrogens (tertiary/aromatic N) is 2. The van der Waals surface area contributed by atoms with Crippen molar-refractivity contribution < 1.29 is 14.3 Å². The zero-order chi connectivity index (χ0) is 24.6. The minimum Gasteiger partial charge on any atom is -0.437 e. The number of carbonyl (C=O) groups excluding carboxylic acids is 2. The number of carbonyl (C=O) groups is 2. The Morgan fingerprint density at radius 2 is 1.85 bits per heavy atom. The van der Waals surface area contributed by atoms with Gasteiger partial charge in [0, 0.05) is 35.6 Å². The number of hydrogen-bond acceptors (Lipinski definition) is 5. The molecule has 0 saturated carbocycles. The van der Waals surface area contributed by atoms with Crippen LogP contribution in [0.4, 0.5) is 10.5 Å². The first-order chi connectivity index (χ1) is 16.1. The van der Waals surface area contributed by atoms with Crippen LogP contribution in [0.5, 0.6) is 0 Å². The standard InChI is InChI=1S/C26H30N4O4/c1-15(2)26(16(3)4)21-10-17(5)30(24(32)23(21)29-25(33)34-26)14-22(31)28-13-19-12-27-11-18-8-6-7-9-20(18)19/h6-12,15-16H,13-14H2,1-5H3,(H,28,31)(H,29,33). The quantitative estimate of drug-likeness (QED) is 0.574. The van der Waals surface area contributed by atoms with Gasteiger partial charge in [-0.2, -0.15) is 0 Å². The highest BCUT2D eigenvalue weighted by atomic mass is 16.6. The summed E-state index contributed by atoms with van der Waals surface area (Å²) in [5.41, 5.74) is 0.998. The molecule has 178 valence electrons. The lowest BCUT2D eigenvalue weighted by atomic mass is 9.73. The Morgan fingerprint density at radius 3 is 2.56 bits per heavy atom. The van der Waals surface area contributed by atoms with Crippen molar-refractivity contribution in [1.82, 2.24) is 14.9 Å². The van der Waals surface area contributed by atoms with E-state index in [1.165, 1.54) is 4.57 Å². The molecule has 0 aliphatic carbocycles. The van der Waals surface area contributed by atoms with Crippen molar-refractivity contribution in [2.75, 3.05) is 5.32 Å². The number of fused-ring (bicyclic) bond motifs is 2. The summed E-state index contributed by atoms with van der Waals surface area (Å²) >= 11 is 0. The van der Waals surface area contributed by atoms with Gasteiger partial charge in [-0.05, 0) is 35.8 Å². The molecule has 2 aromatic heterocycles. The average molecular weight is 463 g/mol. The van der Waals surface area contributed by atoms with E-state index in [1.807, 2.05) is 58.0 Å². The number of aromatic nitrogens is 2. The lowest BCUT2D eigenvalue weighted by molar-refractivity contribution is -0.121. The van der Waals surface area contributed by atoms with Crippen LogP contribution in [0.1, 0.15) is 44.5 Å². The van der Waals surface area contributed by atoms with E-state index < -0.39 is 17.3 Å². The van der Waals surface area contributed by atoms with Crippen LogP contribution >= 0.6 is 0 Å². The van der Waals surface area contributed by atoms with Crippen molar-refractivity contribution in [2.45, 2.75) is 53.3 Å². The lowest BCUT2D eigenvalue weighted by Crippen LogP contribution is -2.50. The van der Waals surface area contributed by atoms with Crippen molar-refractivity contribution in [3.05, 3.63) is 69.9 Å². The molecule has 0 spiro atoms. The summed E-state index contributed by atoms with van der Waals surface area (Å²) in [4.78, 5) is 42.9. The van der Waals surface area contributed by atoms with Crippen LogP contribution in [0.25, 0.3) is 10.8 Å². The van der Waals surface area contributed by atoms with Gasteiger partial charge in [-0.1, -0.05) is 52.0 Å². The summed E-state index contributed by atoms with van der Waals surface area (Å²) < 4.78 is 7.18. The number of ether oxygens (including phenoxy) is 1. The third-order valence-corrected chi connectivity index (χ3v) is 6.66. The van der Waals surface area contributed by atoms with Crippen molar-refractivity contribution in [2.24, 2.45) is 11.8 Å². The smallest absolute Gasteiger partial charge is 0.412 e. The molecule has 1 aliphatic rings. The van der Waals surface area contributed by atoms with E-state index in [2.05, 4.69) is 15.6 Å². The van der Waals surface area contributed by atoms with Gasteiger partial charge in [-0.15, -0.1) is 0 Å². The second kappa shape index (κ2) is 8.93.